The van der Waals surface area contributed by atoms with Gasteiger partial charge in [-0.05, 0) is 120 Å². The Balaban J connectivity index is 0.880. The van der Waals surface area contributed by atoms with Gasteiger partial charge in [-0.15, -0.1) is 0 Å². The Kier molecular flexibility index (Phi) is 9.08. The second-order valence-corrected chi connectivity index (χ2v) is 16.7. The van der Waals surface area contributed by atoms with Gasteiger partial charge >= 0.3 is 0 Å². The third-order valence-electron chi connectivity index (χ3n) is 12.9. The summed E-state index contributed by atoms with van der Waals surface area (Å²) in [7, 11) is 0. The number of benzene rings is 9. The third kappa shape index (κ3) is 6.39. The molecule has 0 amide bonds. The van der Waals surface area contributed by atoms with Gasteiger partial charge in [0.05, 0.1) is 27.6 Å². The average molecular weight is 821 g/mol. The van der Waals surface area contributed by atoms with E-state index in [0.717, 1.165) is 40.5 Å². The smallest absolute Gasteiger partial charge is 0.0847 e. The monoisotopic (exact) mass is 820 g/mol. The number of nitrogens with zero attached hydrogens (tertiary/aromatic N) is 3. The summed E-state index contributed by atoms with van der Waals surface area (Å²) < 4.78 is 4.74. The number of fused-ring (bicyclic) bond motifs is 6. The lowest BCUT2D eigenvalue weighted by Gasteiger charge is -2.35. The van der Waals surface area contributed by atoms with Crippen molar-refractivity contribution in [3.63, 3.8) is 0 Å². The van der Waals surface area contributed by atoms with Gasteiger partial charge in [0.1, 0.15) is 0 Å². The minimum absolute atomic E-state index is 0.428. The number of rotatable bonds is 9. The van der Waals surface area contributed by atoms with E-state index in [2.05, 4.69) is 268 Å². The first-order valence-electron chi connectivity index (χ1n) is 22.1. The van der Waals surface area contributed by atoms with Gasteiger partial charge in [0.15, 0.2) is 0 Å². The number of nitrogens with one attached hydrogen (secondary N) is 1. The fraction of sp³-hybridized carbons (Fsp3) is 0.0333. The third-order valence-corrected chi connectivity index (χ3v) is 12.9. The normalized spacial score (nSPS) is 14.9. The lowest BCUT2D eigenvalue weighted by molar-refractivity contribution is 0.620. The van der Waals surface area contributed by atoms with Crippen molar-refractivity contribution in [3.8, 4) is 11.4 Å². The van der Waals surface area contributed by atoms with E-state index >= 15 is 0 Å². The van der Waals surface area contributed by atoms with E-state index in [1.807, 2.05) is 0 Å². The van der Waals surface area contributed by atoms with Crippen molar-refractivity contribution in [3.05, 3.63) is 260 Å². The quantitative estimate of drug-likeness (QED) is 0.157. The Morgan fingerprint density at radius 2 is 0.891 bits per heavy atom. The number of para-hydroxylation sites is 5. The molecule has 2 aromatic heterocycles. The Bertz CT molecular complexity index is 3530. The van der Waals surface area contributed by atoms with Crippen molar-refractivity contribution in [1.29, 1.82) is 0 Å². The molecular formula is C60H44N4. The molecule has 11 aromatic rings. The van der Waals surface area contributed by atoms with Crippen molar-refractivity contribution < 1.29 is 0 Å². The Morgan fingerprint density at radius 3 is 1.48 bits per heavy atom. The lowest BCUT2D eigenvalue weighted by atomic mass is 9.81. The van der Waals surface area contributed by atoms with Crippen molar-refractivity contribution in [2.24, 2.45) is 0 Å². The molecule has 1 aliphatic rings. The highest BCUT2D eigenvalue weighted by Gasteiger charge is 2.31. The maximum atomic E-state index is 4.03. The molecule has 1 atom stereocenters. The molecule has 1 aliphatic carbocycles. The molecule has 4 heteroatoms. The minimum atomic E-state index is -0.428. The van der Waals surface area contributed by atoms with Gasteiger partial charge in [0.2, 0.25) is 0 Å². The van der Waals surface area contributed by atoms with Crippen LogP contribution in [-0.4, -0.2) is 9.13 Å². The van der Waals surface area contributed by atoms with E-state index in [1.165, 1.54) is 60.3 Å². The molecule has 0 fully saturated rings. The van der Waals surface area contributed by atoms with Crippen LogP contribution >= 0.6 is 0 Å². The number of allylic oxidation sites excluding steroid dienone is 2. The van der Waals surface area contributed by atoms with Crippen LogP contribution in [0.5, 0.6) is 0 Å². The van der Waals surface area contributed by atoms with Crippen LogP contribution in [-0.2, 0) is 5.54 Å². The van der Waals surface area contributed by atoms with Crippen LogP contribution in [0.1, 0.15) is 17.5 Å². The van der Waals surface area contributed by atoms with Gasteiger partial charge in [-0.3, -0.25) is 0 Å². The summed E-state index contributed by atoms with van der Waals surface area (Å²) >= 11 is 0. The van der Waals surface area contributed by atoms with E-state index < -0.39 is 5.54 Å². The summed E-state index contributed by atoms with van der Waals surface area (Å²) in [6, 6.07) is 83.0. The van der Waals surface area contributed by atoms with Gasteiger partial charge in [-0.25, -0.2) is 0 Å². The molecule has 0 radical (unpaired) electrons. The van der Waals surface area contributed by atoms with E-state index in [9.17, 15) is 0 Å². The molecule has 12 rings (SSSR count). The highest BCUT2D eigenvalue weighted by Crippen LogP contribution is 2.42. The lowest BCUT2D eigenvalue weighted by Crippen LogP contribution is -2.34. The van der Waals surface area contributed by atoms with E-state index in [1.54, 1.807) is 0 Å². The van der Waals surface area contributed by atoms with Crippen LogP contribution in [0.4, 0.5) is 22.7 Å². The van der Waals surface area contributed by atoms with E-state index in [4.69, 9.17) is 0 Å². The maximum Gasteiger partial charge on any atom is 0.0847 e. The van der Waals surface area contributed by atoms with Crippen LogP contribution in [0.25, 0.3) is 60.6 Å². The maximum absolute atomic E-state index is 4.03. The van der Waals surface area contributed by atoms with Crippen LogP contribution in [0.3, 0.4) is 0 Å². The van der Waals surface area contributed by atoms with Gasteiger partial charge in [0, 0.05) is 55.7 Å². The topological polar surface area (TPSA) is 25.1 Å². The first kappa shape index (κ1) is 37.4. The van der Waals surface area contributed by atoms with Gasteiger partial charge in [-0.1, -0.05) is 152 Å². The number of hydrogen-bond acceptors (Lipinski definition) is 2. The Labute approximate surface area is 372 Å². The Morgan fingerprint density at radius 1 is 0.406 bits per heavy atom. The molecule has 0 aliphatic heterocycles. The zero-order chi connectivity index (χ0) is 42.5. The van der Waals surface area contributed by atoms with Crippen molar-refractivity contribution >= 4 is 71.9 Å². The summed E-state index contributed by atoms with van der Waals surface area (Å²) in [6.45, 7) is 0. The average Bonchev–Trinajstić information content (AvgIpc) is 3.88. The second-order valence-electron chi connectivity index (χ2n) is 16.7. The zero-order valence-electron chi connectivity index (χ0n) is 35.2. The SMILES string of the molecule is C1=CC(Nc2ccc3c(c2)c2ccccc2n3-c2ccccc2)(c2ccccc2)CC=C1c1ccc(N(c2ccccc2)c2ccc3c(c2)c2ccccc2n3-c2ccccc2)cc1. The minimum Gasteiger partial charge on any atom is -0.372 e. The fourth-order valence-corrected chi connectivity index (χ4v) is 9.91. The molecule has 1 unspecified atom stereocenters. The summed E-state index contributed by atoms with van der Waals surface area (Å²) in [6.07, 6.45) is 7.84. The molecule has 2 heterocycles. The number of anilines is 4. The van der Waals surface area contributed by atoms with Crippen molar-refractivity contribution in [2.45, 2.75) is 12.0 Å². The standard InChI is InChI=1S/C60H44N4/c1-5-17-45(18-6-1)60(61-46-31-35-58-54(41-46)52-25-13-15-27-56(52)63(58)48-21-9-3-10-22-48)39-37-44(38-40-60)43-29-32-50(33-30-43)62(47-19-7-2-8-20-47)51-34-36-59-55(42-51)53-26-14-16-28-57(53)64(59)49-23-11-4-12-24-49/h1-39,41-42,61H,40H2. The molecule has 4 nitrogen and oxygen atoms in total. The molecular weight excluding hydrogens is 777 g/mol. The highest BCUT2D eigenvalue weighted by atomic mass is 15.1. The molecule has 304 valence electrons. The van der Waals surface area contributed by atoms with Crippen LogP contribution in [0.15, 0.2) is 249 Å². The second kappa shape index (κ2) is 15.5. The number of hydrogen-bond donors (Lipinski definition) is 1. The van der Waals surface area contributed by atoms with Crippen LogP contribution in [0.2, 0.25) is 0 Å². The molecule has 9 aromatic carbocycles. The Hall–Kier alpha value is -8.34. The summed E-state index contributed by atoms with van der Waals surface area (Å²) in [5.74, 6) is 0. The molecule has 0 bridgehead atoms. The molecule has 0 saturated carbocycles. The van der Waals surface area contributed by atoms with Gasteiger partial charge in [-0.2, -0.15) is 0 Å². The predicted octanol–water partition coefficient (Wildman–Crippen LogP) is 15.7. The molecule has 0 saturated heterocycles. The number of aromatic nitrogens is 2. The van der Waals surface area contributed by atoms with Gasteiger partial charge in [0.25, 0.3) is 0 Å². The highest BCUT2D eigenvalue weighted by molar-refractivity contribution is 6.11. The predicted molar refractivity (Wildman–Crippen MR) is 270 cm³/mol. The molecule has 1 N–H and O–H groups in total. The van der Waals surface area contributed by atoms with E-state index in [-0.39, 0.29) is 0 Å². The summed E-state index contributed by atoms with van der Waals surface area (Å²) in [5.41, 5.74) is 14.7. The first-order chi connectivity index (χ1) is 31.7. The summed E-state index contributed by atoms with van der Waals surface area (Å²) in [5, 5.41) is 8.96. The largest absolute Gasteiger partial charge is 0.372 e. The van der Waals surface area contributed by atoms with Crippen LogP contribution in [0, 0.1) is 0 Å². The van der Waals surface area contributed by atoms with E-state index in [0.29, 0.717) is 0 Å². The van der Waals surface area contributed by atoms with Crippen molar-refractivity contribution in [1.82, 2.24) is 9.13 Å². The molecule has 64 heavy (non-hydrogen) atoms. The molecule has 0 spiro atoms. The van der Waals surface area contributed by atoms with Crippen molar-refractivity contribution in [2.75, 3.05) is 10.2 Å². The summed E-state index contributed by atoms with van der Waals surface area (Å²) in [4.78, 5) is 2.36. The van der Waals surface area contributed by atoms with Crippen LogP contribution < -0.4 is 10.2 Å². The fourth-order valence-electron chi connectivity index (χ4n) is 9.91. The van der Waals surface area contributed by atoms with Gasteiger partial charge < -0.3 is 19.4 Å². The first-order valence-corrected chi connectivity index (χ1v) is 22.1. The zero-order valence-corrected chi connectivity index (χ0v) is 35.2.